The Morgan fingerprint density at radius 1 is 1.17 bits per heavy atom. The van der Waals surface area contributed by atoms with Crippen LogP contribution in [0.4, 0.5) is 5.69 Å². The first-order valence-corrected chi connectivity index (χ1v) is 7.53. The third-order valence-electron chi connectivity index (χ3n) is 3.60. The van der Waals surface area contributed by atoms with Crippen LogP contribution in [0.1, 0.15) is 11.1 Å². The highest BCUT2D eigenvalue weighted by Gasteiger charge is 2.14. The Balaban J connectivity index is 1.84. The number of nitrogens with two attached hydrogens (primary N) is 1. The first-order chi connectivity index (χ1) is 11.7. The first-order valence-electron chi connectivity index (χ1n) is 7.53. The number of H-pyrrole nitrogens is 1. The molecule has 5 N–H and O–H groups in total. The maximum Gasteiger partial charge on any atom is 0.243 e. The molecule has 0 bridgehead atoms. The number of carbonyl (C=O) groups excluding carboxylic acids is 1. The Labute approximate surface area is 139 Å². The van der Waals surface area contributed by atoms with Crippen molar-refractivity contribution in [2.75, 3.05) is 11.9 Å². The van der Waals surface area contributed by atoms with E-state index in [1.165, 1.54) is 0 Å². The fraction of sp³-hybridized carbons (Fsp3) is 0.105. The van der Waals surface area contributed by atoms with Gasteiger partial charge in [0.1, 0.15) is 6.04 Å². The Morgan fingerprint density at radius 2 is 1.92 bits per heavy atom. The van der Waals surface area contributed by atoms with Crippen LogP contribution in [0.2, 0.25) is 0 Å². The smallest absolute Gasteiger partial charge is 0.243 e. The molecule has 0 aliphatic rings. The fourth-order valence-electron chi connectivity index (χ4n) is 2.28. The molecule has 1 heterocycles. The van der Waals surface area contributed by atoms with Crippen molar-refractivity contribution in [3.05, 3.63) is 65.9 Å². The highest BCUT2D eigenvalue weighted by Crippen LogP contribution is 2.24. The second-order valence-electron chi connectivity index (χ2n) is 5.36. The van der Waals surface area contributed by atoms with Crippen LogP contribution >= 0.6 is 0 Å². The van der Waals surface area contributed by atoms with E-state index in [0.29, 0.717) is 5.69 Å². The molecule has 1 atom stereocenters. The summed E-state index contributed by atoms with van der Waals surface area (Å²) in [6.45, 7) is -0.395. The van der Waals surface area contributed by atoms with Gasteiger partial charge < -0.3 is 21.1 Å². The maximum atomic E-state index is 11.8. The lowest BCUT2D eigenvalue weighted by Crippen LogP contribution is -2.38. The third-order valence-corrected chi connectivity index (χ3v) is 3.60. The highest BCUT2D eigenvalue weighted by molar-refractivity contribution is 6.03. The number of hydrogen-bond acceptors (Lipinski definition) is 3. The third kappa shape index (κ3) is 3.46. The van der Waals surface area contributed by atoms with E-state index in [9.17, 15) is 4.79 Å². The summed E-state index contributed by atoms with van der Waals surface area (Å²) in [7, 11) is 0. The zero-order chi connectivity index (χ0) is 16.9. The van der Waals surface area contributed by atoms with Crippen molar-refractivity contribution in [2.24, 2.45) is 5.73 Å². The van der Waals surface area contributed by atoms with Gasteiger partial charge in [-0.1, -0.05) is 30.0 Å². The molecule has 0 radical (unpaired) electrons. The lowest BCUT2D eigenvalue weighted by Gasteiger charge is -2.08. The highest BCUT2D eigenvalue weighted by atomic mass is 16.3. The molecule has 1 amide bonds. The van der Waals surface area contributed by atoms with Gasteiger partial charge in [0.15, 0.2) is 0 Å². The van der Waals surface area contributed by atoms with Gasteiger partial charge in [-0.25, -0.2) is 0 Å². The number of aliphatic hydroxyl groups is 1. The number of aromatic amines is 1. The molecule has 0 saturated heterocycles. The summed E-state index contributed by atoms with van der Waals surface area (Å²) in [6, 6.07) is 14.5. The van der Waals surface area contributed by atoms with Crippen LogP contribution in [0, 0.1) is 11.8 Å². The summed E-state index contributed by atoms with van der Waals surface area (Å²) in [4.78, 5) is 14.9. The van der Waals surface area contributed by atoms with Crippen molar-refractivity contribution < 1.29 is 9.90 Å². The SMILES string of the molecule is NC(CO)C(=O)Nc1c[nH]c2cc(C#Cc3ccccc3)ccc12. The normalized spacial score (nSPS) is 11.6. The fourth-order valence-corrected chi connectivity index (χ4v) is 2.28. The molecule has 0 aliphatic carbocycles. The number of aliphatic hydroxyl groups excluding tert-OH is 1. The summed E-state index contributed by atoms with van der Waals surface area (Å²) in [5.41, 5.74) is 8.82. The molecule has 1 unspecified atom stereocenters. The summed E-state index contributed by atoms with van der Waals surface area (Å²) < 4.78 is 0. The predicted octanol–water partition coefficient (Wildman–Crippen LogP) is 1.83. The standard InChI is InChI=1S/C19H17N3O2/c20-16(12-23)19(24)22-18-11-21-17-10-14(8-9-15(17)18)7-6-13-4-2-1-3-5-13/h1-5,8-11,16,21,23H,12,20H2,(H,22,24). The molecule has 5 heteroatoms. The Morgan fingerprint density at radius 3 is 2.67 bits per heavy atom. The molecular formula is C19H17N3O2. The number of benzene rings is 2. The summed E-state index contributed by atoms with van der Waals surface area (Å²) in [6.07, 6.45) is 1.70. The Kier molecular flexibility index (Phi) is 4.62. The quantitative estimate of drug-likeness (QED) is 0.555. The van der Waals surface area contributed by atoms with E-state index < -0.39 is 18.6 Å². The molecule has 0 spiro atoms. The van der Waals surface area contributed by atoms with E-state index in [4.69, 9.17) is 10.8 Å². The van der Waals surface area contributed by atoms with Gasteiger partial charge in [-0.2, -0.15) is 0 Å². The van der Waals surface area contributed by atoms with Crippen LogP contribution in [-0.2, 0) is 4.79 Å². The zero-order valence-electron chi connectivity index (χ0n) is 12.9. The van der Waals surface area contributed by atoms with E-state index >= 15 is 0 Å². The molecule has 1 aromatic heterocycles. The summed E-state index contributed by atoms with van der Waals surface area (Å²) in [5, 5.41) is 12.5. The van der Waals surface area contributed by atoms with Crippen LogP contribution in [0.15, 0.2) is 54.7 Å². The average Bonchev–Trinajstić information content (AvgIpc) is 3.02. The largest absolute Gasteiger partial charge is 0.394 e. The molecule has 120 valence electrons. The first kappa shape index (κ1) is 15.8. The van der Waals surface area contributed by atoms with Gasteiger partial charge in [-0.3, -0.25) is 4.79 Å². The van der Waals surface area contributed by atoms with Gasteiger partial charge in [0.05, 0.1) is 12.3 Å². The van der Waals surface area contributed by atoms with Crippen LogP contribution in [0.3, 0.4) is 0 Å². The number of fused-ring (bicyclic) bond motifs is 1. The minimum atomic E-state index is -0.939. The van der Waals surface area contributed by atoms with E-state index in [1.807, 2.05) is 48.5 Å². The van der Waals surface area contributed by atoms with Crippen molar-refractivity contribution in [3.63, 3.8) is 0 Å². The molecule has 5 nitrogen and oxygen atoms in total. The zero-order valence-corrected chi connectivity index (χ0v) is 12.9. The second kappa shape index (κ2) is 7.01. The number of rotatable bonds is 3. The van der Waals surface area contributed by atoms with E-state index in [0.717, 1.165) is 22.0 Å². The van der Waals surface area contributed by atoms with Gasteiger partial charge in [0.25, 0.3) is 0 Å². The number of carbonyl (C=O) groups is 1. The van der Waals surface area contributed by atoms with Crippen molar-refractivity contribution >= 4 is 22.5 Å². The maximum absolute atomic E-state index is 11.8. The molecule has 2 aromatic carbocycles. The molecule has 3 rings (SSSR count). The van der Waals surface area contributed by atoms with Gasteiger partial charge in [-0.15, -0.1) is 0 Å². The molecule has 0 saturated carbocycles. The lowest BCUT2D eigenvalue weighted by atomic mass is 10.1. The number of hydrogen-bond donors (Lipinski definition) is 4. The lowest BCUT2D eigenvalue weighted by molar-refractivity contribution is -0.118. The minimum Gasteiger partial charge on any atom is -0.394 e. The molecule has 0 fully saturated rings. The molecule has 24 heavy (non-hydrogen) atoms. The number of nitrogens with one attached hydrogen (secondary N) is 2. The van der Waals surface area contributed by atoms with Crippen molar-refractivity contribution in [1.29, 1.82) is 0 Å². The van der Waals surface area contributed by atoms with Gasteiger partial charge in [-0.05, 0) is 30.3 Å². The topological polar surface area (TPSA) is 91.1 Å². The molecule has 0 aliphatic heterocycles. The van der Waals surface area contributed by atoms with E-state index in [-0.39, 0.29) is 0 Å². The van der Waals surface area contributed by atoms with Crippen LogP contribution in [0.5, 0.6) is 0 Å². The Hall–Kier alpha value is -3.07. The molecular weight excluding hydrogens is 302 g/mol. The van der Waals surface area contributed by atoms with Crippen LogP contribution in [0.25, 0.3) is 10.9 Å². The van der Waals surface area contributed by atoms with Gasteiger partial charge in [0.2, 0.25) is 5.91 Å². The predicted molar refractivity (Wildman–Crippen MR) is 94.4 cm³/mol. The Bertz CT molecular complexity index is 920. The van der Waals surface area contributed by atoms with Crippen LogP contribution in [-0.4, -0.2) is 28.6 Å². The molecule has 3 aromatic rings. The second-order valence-corrected chi connectivity index (χ2v) is 5.36. The van der Waals surface area contributed by atoms with Crippen molar-refractivity contribution in [2.45, 2.75) is 6.04 Å². The number of amides is 1. The van der Waals surface area contributed by atoms with Crippen molar-refractivity contribution in [1.82, 2.24) is 4.98 Å². The average molecular weight is 319 g/mol. The minimum absolute atomic E-state index is 0.395. The van der Waals surface area contributed by atoms with E-state index in [2.05, 4.69) is 22.1 Å². The van der Waals surface area contributed by atoms with E-state index in [1.54, 1.807) is 6.20 Å². The summed E-state index contributed by atoms with van der Waals surface area (Å²) >= 11 is 0. The van der Waals surface area contributed by atoms with Gasteiger partial charge >= 0.3 is 0 Å². The number of anilines is 1. The summed E-state index contributed by atoms with van der Waals surface area (Å²) in [5.74, 6) is 5.80. The number of aromatic nitrogens is 1. The van der Waals surface area contributed by atoms with Crippen LogP contribution < -0.4 is 11.1 Å². The van der Waals surface area contributed by atoms with Gasteiger partial charge in [0, 0.05) is 28.2 Å². The monoisotopic (exact) mass is 319 g/mol. The van der Waals surface area contributed by atoms with Crippen molar-refractivity contribution in [3.8, 4) is 11.8 Å².